The van der Waals surface area contributed by atoms with E-state index in [1.165, 1.54) is 0 Å². The second-order valence-electron chi connectivity index (χ2n) is 8.31. The van der Waals surface area contributed by atoms with Crippen LogP contribution in [0.1, 0.15) is 63.1 Å². The van der Waals surface area contributed by atoms with Crippen molar-refractivity contribution in [1.29, 1.82) is 0 Å². The van der Waals surface area contributed by atoms with Crippen LogP contribution in [0.15, 0.2) is 48.5 Å². The highest BCUT2D eigenvalue weighted by atomic mass is 16.5. The molecule has 5 heteroatoms. The van der Waals surface area contributed by atoms with E-state index in [0.29, 0.717) is 18.8 Å². The van der Waals surface area contributed by atoms with Gasteiger partial charge in [0.1, 0.15) is 11.8 Å². The minimum absolute atomic E-state index is 0.109. The van der Waals surface area contributed by atoms with Gasteiger partial charge in [-0.05, 0) is 43.4 Å². The summed E-state index contributed by atoms with van der Waals surface area (Å²) in [5, 5.41) is 2.94. The van der Waals surface area contributed by atoms with Gasteiger partial charge in [-0.2, -0.15) is 0 Å². The van der Waals surface area contributed by atoms with E-state index >= 15 is 0 Å². The number of nitrogens with zero attached hydrogens (tertiary/aromatic N) is 1. The van der Waals surface area contributed by atoms with Crippen LogP contribution in [0, 0.1) is 6.92 Å². The second-order valence-corrected chi connectivity index (χ2v) is 8.31. The van der Waals surface area contributed by atoms with Crippen molar-refractivity contribution in [2.75, 3.05) is 13.2 Å². The summed E-state index contributed by atoms with van der Waals surface area (Å²) in [6, 6.07) is 15.2. The number of ether oxygens (including phenoxy) is 1. The first-order valence-electron chi connectivity index (χ1n) is 11.2. The van der Waals surface area contributed by atoms with Crippen molar-refractivity contribution < 1.29 is 14.3 Å². The van der Waals surface area contributed by atoms with Crippen LogP contribution >= 0.6 is 0 Å². The molecule has 2 aromatic rings. The van der Waals surface area contributed by atoms with Crippen LogP contribution in [0.25, 0.3) is 0 Å². The van der Waals surface area contributed by atoms with Gasteiger partial charge in [-0.15, -0.1) is 0 Å². The quantitative estimate of drug-likeness (QED) is 0.526. The van der Waals surface area contributed by atoms with E-state index in [-0.39, 0.29) is 24.3 Å². The number of hydrogen-bond donors (Lipinski definition) is 1. The van der Waals surface area contributed by atoms with Gasteiger partial charge < -0.3 is 15.0 Å². The number of rotatable bonds is 11. The molecule has 1 N–H and O–H groups in total. The number of unbranched alkanes of at least 4 members (excludes halogenated alkanes) is 1. The molecule has 0 unspecified atom stereocenters. The molecular weight excluding hydrogens is 388 g/mol. The molecule has 0 saturated heterocycles. The molecule has 0 spiro atoms. The number of amides is 2. The molecular formula is C26H36N2O3. The molecule has 0 aromatic heterocycles. The Balaban J connectivity index is 2.16. The summed E-state index contributed by atoms with van der Waals surface area (Å²) >= 11 is 0. The molecule has 0 aliphatic heterocycles. The maximum Gasteiger partial charge on any atom is 0.261 e. The summed E-state index contributed by atoms with van der Waals surface area (Å²) in [5.74, 6) is 0.648. The summed E-state index contributed by atoms with van der Waals surface area (Å²) in [6.07, 6.45) is 1.92. The molecule has 0 bridgehead atoms. The van der Waals surface area contributed by atoms with Gasteiger partial charge >= 0.3 is 0 Å². The van der Waals surface area contributed by atoms with Gasteiger partial charge in [0.25, 0.3) is 5.91 Å². The van der Waals surface area contributed by atoms with Crippen molar-refractivity contribution in [3.8, 4) is 5.75 Å². The van der Waals surface area contributed by atoms with Crippen LogP contribution in [0.4, 0.5) is 0 Å². The van der Waals surface area contributed by atoms with Gasteiger partial charge in [-0.25, -0.2) is 0 Å². The van der Waals surface area contributed by atoms with Crippen molar-refractivity contribution in [2.24, 2.45) is 0 Å². The standard InChI is InChI=1S/C26H36N2O3/c1-6-7-15-27-26(30)21(5)28(17-22-12-10-11-20(4)16-22)25(29)18-31-24-14-9-8-13-23(24)19(2)3/h8-14,16,19,21H,6-7,15,17-18H2,1-5H3,(H,27,30)/t21-/m0/s1. The van der Waals surface area contributed by atoms with Gasteiger partial charge in [0.05, 0.1) is 0 Å². The molecule has 0 heterocycles. The summed E-state index contributed by atoms with van der Waals surface area (Å²) in [4.78, 5) is 27.5. The van der Waals surface area contributed by atoms with Crippen LogP contribution in [0.5, 0.6) is 5.75 Å². The number of para-hydroxylation sites is 1. The Morgan fingerprint density at radius 1 is 1.06 bits per heavy atom. The number of benzene rings is 2. The fraction of sp³-hybridized carbons (Fsp3) is 0.462. The number of nitrogens with one attached hydrogen (secondary N) is 1. The van der Waals surface area contributed by atoms with Gasteiger partial charge in [0.15, 0.2) is 6.61 Å². The fourth-order valence-electron chi connectivity index (χ4n) is 3.44. The van der Waals surface area contributed by atoms with Crippen LogP contribution in [-0.4, -0.2) is 35.9 Å². The maximum atomic E-state index is 13.2. The molecule has 0 fully saturated rings. The minimum atomic E-state index is -0.589. The largest absolute Gasteiger partial charge is 0.483 e. The van der Waals surface area contributed by atoms with E-state index in [4.69, 9.17) is 4.74 Å². The van der Waals surface area contributed by atoms with Gasteiger partial charge in [0.2, 0.25) is 5.91 Å². The van der Waals surface area contributed by atoms with E-state index in [2.05, 4.69) is 26.1 Å². The van der Waals surface area contributed by atoms with E-state index in [0.717, 1.165) is 29.5 Å². The highest BCUT2D eigenvalue weighted by Crippen LogP contribution is 2.26. The van der Waals surface area contributed by atoms with Gasteiger partial charge in [0, 0.05) is 13.1 Å². The van der Waals surface area contributed by atoms with Gasteiger partial charge in [-0.3, -0.25) is 9.59 Å². The first kappa shape index (κ1) is 24.4. The van der Waals surface area contributed by atoms with E-state index < -0.39 is 6.04 Å². The number of carbonyl (C=O) groups excluding carboxylic acids is 2. The minimum Gasteiger partial charge on any atom is -0.483 e. The summed E-state index contributed by atoms with van der Waals surface area (Å²) < 4.78 is 5.91. The lowest BCUT2D eigenvalue weighted by atomic mass is 10.0. The third-order valence-corrected chi connectivity index (χ3v) is 5.32. The lowest BCUT2D eigenvalue weighted by Gasteiger charge is -2.29. The molecule has 0 aliphatic carbocycles. The third-order valence-electron chi connectivity index (χ3n) is 5.32. The second kappa shape index (κ2) is 12.1. The molecule has 2 amide bonds. The Bertz CT molecular complexity index is 863. The normalized spacial score (nSPS) is 11.8. The molecule has 0 aliphatic rings. The van der Waals surface area contributed by atoms with Crippen molar-refractivity contribution in [3.05, 3.63) is 65.2 Å². The molecule has 168 valence electrons. The average molecular weight is 425 g/mol. The molecule has 5 nitrogen and oxygen atoms in total. The first-order chi connectivity index (χ1) is 14.8. The third kappa shape index (κ3) is 7.42. The van der Waals surface area contributed by atoms with E-state index in [1.807, 2.05) is 55.5 Å². The van der Waals surface area contributed by atoms with Crippen molar-refractivity contribution in [1.82, 2.24) is 10.2 Å². The van der Waals surface area contributed by atoms with Crippen LogP contribution in [0.3, 0.4) is 0 Å². The zero-order chi connectivity index (χ0) is 22.8. The summed E-state index contributed by atoms with van der Waals surface area (Å²) in [7, 11) is 0. The Morgan fingerprint density at radius 2 is 1.81 bits per heavy atom. The SMILES string of the molecule is CCCCNC(=O)[C@H](C)N(Cc1cccc(C)c1)C(=O)COc1ccccc1C(C)C. The van der Waals surface area contributed by atoms with E-state index in [1.54, 1.807) is 11.8 Å². The smallest absolute Gasteiger partial charge is 0.261 e. The lowest BCUT2D eigenvalue weighted by Crippen LogP contribution is -2.49. The first-order valence-corrected chi connectivity index (χ1v) is 11.2. The zero-order valence-corrected chi connectivity index (χ0v) is 19.5. The van der Waals surface area contributed by atoms with E-state index in [9.17, 15) is 9.59 Å². The monoisotopic (exact) mass is 424 g/mol. The van der Waals surface area contributed by atoms with Gasteiger partial charge in [-0.1, -0.05) is 75.2 Å². The highest BCUT2D eigenvalue weighted by Gasteiger charge is 2.26. The molecule has 2 rings (SSSR count). The predicted molar refractivity (Wildman–Crippen MR) is 125 cm³/mol. The zero-order valence-electron chi connectivity index (χ0n) is 19.5. The molecule has 31 heavy (non-hydrogen) atoms. The fourth-order valence-corrected chi connectivity index (χ4v) is 3.44. The Hall–Kier alpha value is -2.82. The number of hydrogen-bond acceptors (Lipinski definition) is 3. The maximum absolute atomic E-state index is 13.2. The highest BCUT2D eigenvalue weighted by molar-refractivity contribution is 5.88. The van der Waals surface area contributed by atoms with Crippen molar-refractivity contribution >= 4 is 11.8 Å². The Kier molecular flexibility index (Phi) is 9.57. The molecule has 1 atom stereocenters. The summed E-state index contributed by atoms with van der Waals surface area (Å²) in [6.45, 7) is 10.9. The van der Waals surface area contributed by atoms with Crippen LogP contribution in [0.2, 0.25) is 0 Å². The Labute approximate surface area is 186 Å². The molecule has 0 radical (unpaired) electrons. The number of aryl methyl sites for hydroxylation is 1. The Morgan fingerprint density at radius 3 is 2.48 bits per heavy atom. The average Bonchev–Trinajstić information content (AvgIpc) is 2.75. The topological polar surface area (TPSA) is 58.6 Å². The molecule has 0 saturated carbocycles. The lowest BCUT2D eigenvalue weighted by molar-refractivity contribution is -0.142. The molecule has 2 aromatic carbocycles. The predicted octanol–water partition coefficient (Wildman–Crippen LogP) is 4.83. The number of carbonyl (C=O) groups is 2. The van der Waals surface area contributed by atoms with Crippen LogP contribution in [-0.2, 0) is 16.1 Å². The van der Waals surface area contributed by atoms with Crippen LogP contribution < -0.4 is 10.1 Å². The van der Waals surface area contributed by atoms with Crippen molar-refractivity contribution in [3.63, 3.8) is 0 Å². The summed E-state index contributed by atoms with van der Waals surface area (Å²) in [5.41, 5.74) is 3.17. The van der Waals surface area contributed by atoms with Crippen molar-refractivity contribution in [2.45, 2.75) is 66.0 Å².